The quantitative estimate of drug-likeness (QED) is 0.550. The summed E-state index contributed by atoms with van der Waals surface area (Å²) in [6, 6.07) is 19.4. The number of carbonyl (C=O) groups is 1. The van der Waals surface area contributed by atoms with Gasteiger partial charge in [-0.15, -0.1) is 0 Å². The summed E-state index contributed by atoms with van der Waals surface area (Å²) in [7, 11) is 0. The number of amides is 1. The van der Waals surface area contributed by atoms with Gasteiger partial charge in [0, 0.05) is 23.1 Å². The van der Waals surface area contributed by atoms with E-state index in [9.17, 15) is 4.79 Å². The van der Waals surface area contributed by atoms with Gasteiger partial charge in [-0.25, -0.2) is 0 Å². The zero-order valence-electron chi connectivity index (χ0n) is 15.7. The third-order valence-corrected chi connectivity index (χ3v) is 5.74. The minimum Gasteiger partial charge on any atom is -0.378 e. The Morgan fingerprint density at radius 3 is 2.52 bits per heavy atom. The molecule has 5 nitrogen and oxygen atoms in total. The number of halogens is 1. The standard InChI is InChI=1S/C22H20BrN3O2S/c23-18-8-4-5-15-16(18)6-3-7-17(15)21(27)25-22(29)24-19-9-1-2-10-20(19)26-11-13-28-14-12-26/h1-10H,11-14H2,(H2,24,25,27,29). The normalized spacial score (nSPS) is 13.9. The Hall–Kier alpha value is -2.48. The van der Waals surface area contributed by atoms with Crippen LogP contribution in [-0.4, -0.2) is 37.3 Å². The lowest BCUT2D eigenvalue weighted by Gasteiger charge is -2.30. The van der Waals surface area contributed by atoms with E-state index < -0.39 is 0 Å². The molecule has 7 heteroatoms. The highest BCUT2D eigenvalue weighted by Gasteiger charge is 2.16. The van der Waals surface area contributed by atoms with E-state index in [1.807, 2.05) is 54.6 Å². The van der Waals surface area contributed by atoms with Crippen LogP contribution in [0.25, 0.3) is 10.8 Å². The smallest absolute Gasteiger partial charge is 0.258 e. The lowest BCUT2D eigenvalue weighted by molar-refractivity contribution is 0.0979. The van der Waals surface area contributed by atoms with Crippen molar-refractivity contribution in [2.75, 3.05) is 36.5 Å². The van der Waals surface area contributed by atoms with Crippen molar-refractivity contribution < 1.29 is 9.53 Å². The number of anilines is 2. The highest BCUT2D eigenvalue weighted by molar-refractivity contribution is 9.10. The fourth-order valence-corrected chi connectivity index (χ4v) is 4.15. The molecule has 1 amide bonds. The number of thiocarbonyl (C=S) groups is 1. The number of para-hydroxylation sites is 2. The molecule has 29 heavy (non-hydrogen) atoms. The summed E-state index contributed by atoms with van der Waals surface area (Å²) in [6.45, 7) is 3.05. The molecule has 0 bridgehead atoms. The first kappa shape index (κ1) is 19.8. The number of hydrogen-bond acceptors (Lipinski definition) is 4. The van der Waals surface area contributed by atoms with E-state index in [2.05, 4.69) is 31.5 Å². The first-order chi connectivity index (χ1) is 14.1. The topological polar surface area (TPSA) is 53.6 Å². The molecule has 1 aliphatic heterocycles. The second kappa shape index (κ2) is 8.90. The van der Waals surface area contributed by atoms with Crippen molar-refractivity contribution in [2.45, 2.75) is 0 Å². The molecule has 1 heterocycles. The molecule has 0 saturated carbocycles. The number of fused-ring (bicyclic) bond motifs is 1. The predicted molar refractivity (Wildman–Crippen MR) is 125 cm³/mol. The minimum atomic E-state index is -0.241. The predicted octanol–water partition coefficient (Wildman–Crippen LogP) is 4.57. The van der Waals surface area contributed by atoms with Crippen molar-refractivity contribution in [2.24, 2.45) is 0 Å². The van der Waals surface area contributed by atoms with E-state index in [1.165, 1.54) is 0 Å². The van der Waals surface area contributed by atoms with E-state index in [0.29, 0.717) is 18.8 Å². The van der Waals surface area contributed by atoms with Gasteiger partial charge in [0.2, 0.25) is 0 Å². The molecule has 0 spiro atoms. The summed E-state index contributed by atoms with van der Waals surface area (Å²) in [6.07, 6.45) is 0. The molecule has 3 aromatic rings. The van der Waals surface area contributed by atoms with Gasteiger partial charge in [-0.3, -0.25) is 10.1 Å². The van der Waals surface area contributed by atoms with E-state index in [4.69, 9.17) is 17.0 Å². The van der Waals surface area contributed by atoms with Gasteiger partial charge in [0.15, 0.2) is 5.11 Å². The maximum Gasteiger partial charge on any atom is 0.258 e. The van der Waals surface area contributed by atoms with Gasteiger partial charge in [0.25, 0.3) is 5.91 Å². The first-order valence-electron chi connectivity index (χ1n) is 9.35. The molecule has 0 aromatic heterocycles. The maximum absolute atomic E-state index is 12.9. The zero-order chi connectivity index (χ0) is 20.2. The van der Waals surface area contributed by atoms with Crippen molar-refractivity contribution in [3.8, 4) is 0 Å². The first-order valence-corrected chi connectivity index (χ1v) is 10.5. The van der Waals surface area contributed by atoms with Crippen LogP contribution < -0.4 is 15.5 Å². The van der Waals surface area contributed by atoms with Gasteiger partial charge in [0.1, 0.15) is 0 Å². The molecule has 0 unspecified atom stereocenters. The van der Waals surface area contributed by atoms with Crippen LogP contribution in [0, 0.1) is 0 Å². The van der Waals surface area contributed by atoms with Crippen molar-refractivity contribution >= 4 is 61.3 Å². The summed E-state index contributed by atoms with van der Waals surface area (Å²) in [4.78, 5) is 15.1. The average Bonchev–Trinajstić information content (AvgIpc) is 2.74. The monoisotopic (exact) mass is 469 g/mol. The second-order valence-electron chi connectivity index (χ2n) is 6.67. The highest BCUT2D eigenvalue weighted by Crippen LogP contribution is 2.27. The molecule has 0 aliphatic carbocycles. The average molecular weight is 470 g/mol. The second-order valence-corrected chi connectivity index (χ2v) is 7.93. The Balaban J connectivity index is 1.51. The fraction of sp³-hybridized carbons (Fsp3) is 0.182. The van der Waals surface area contributed by atoms with Crippen molar-refractivity contribution in [3.05, 3.63) is 70.7 Å². The van der Waals surface area contributed by atoms with Crippen LogP contribution in [0.3, 0.4) is 0 Å². The highest BCUT2D eigenvalue weighted by atomic mass is 79.9. The third-order valence-electron chi connectivity index (χ3n) is 4.84. The summed E-state index contributed by atoms with van der Waals surface area (Å²) in [5.41, 5.74) is 2.48. The molecule has 1 fully saturated rings. The number of benzene rings is 3. The lowest BCUT2D eigenvalue weighted by Crippen LogP contribution is -2.38. The van der Waals surface area contributed by atoms with Gasteiger partial charge in [-0.2, -0.15) is 0 Å². The summed E-state index contributed by atoms with van der Waals surface area (Å²) >= 11 is 8.96. The van der Waals surface area contributed by atoms with Gasteiger partial charge >= 0.3 is 0 Å². The van der Waals surface area contributed by atoms with Gasteiger partial charge in [-0.1, -0.05) is 52.3 Å². The summed E-state index contributed by atoms with van der Waals surface area (Å²) < 4.78 is 6.39. The Morgan fingerprint density at radius 1 is 0.966 bits per heavy atom. The molecule has 0 radical (unpaired) electrons. The third kappa shape index (κ3) is 4.42. The molecule has 148 valence electrons. The zero-order valence-corrected chi connectivity index (χ0v) is 18.1. The van der Waals surface area contributed by atoms with Gasteiger partial charge in [0.05, 0.1) is 24.6 Å². The molecule has 3 aromatic carbocycles. The minimum absolute atomic E-state index is 0.241. The number of carbonyl (C=O) groups excluding carboxylic acids is 1. The van der Waals surface area contributed by atoms with E-state index in [1.54, 1.807) is 6.07 Å². The molecule has 0 atom stereocenters. The number of hydrogen-bond donors (Lipinski definition) is 2. The van der Waals surface area contributed by atoms with Crippen LogP contribution in [0.15, 0.2) is 65.1 Å². The molecular formula is C22H20BrN3O2S. The SMILES string of the molecule is O=C(NC(=S)Nc1ccccc1N1CCOCC1)c1cccc2c(Br)cccc12. The van der Waals surface area contributed by atoms with Crippen LogP contribution in [0.5, 0.6) is 0 Å². The van der Waals surface area contributed by atoms with Crippen LogP contribution in [-0.2, 0) is 4.74 Å². The van der Waals surface area contributed by atoms with Crippen LogP contribution in [0.2, 0.25) is 0 Å². The molecular weight excluding hydrogens is 450 g/mol. The van der Waals surface area contributed by atoms with Gasteiger partial charge < -0.3 is 15.0 Å². The molecule has 2 N–H and O–H groups in total. The maximum atomic E-state index is 12.9. The lowest BCUT2D eigenvalue weighted by atomic mass is 10.0. The fourth-order valence-electron chi connectivity index (χ4n) is 3.45. The number of morpholine rings is 1. The van der Waals surface area contributed by atoms with E-state index in [0.717, 1.165) is 39.7 Å². The Labute approximate surface area is 183 Å². The number of nitrogens with one attached hydrogen (secondary N) is 2. The molecule has 1 saturated heterocycles. The van der Waals surface area contributed by atoms with Gasteiger partial charge in [-0.05, 0) is 47.3 Å². The Bertz CT molecular complexity index is 1070. The summed E-state index contributed by atoms with van der Waals surface area (Å²) in [5, 5.41) is 8.11. The number of rotatable bonds is 3. The molecule has 4 rings (SSSR count). The van der Waals surface area contributed by atoms with Crippen LogP contribution in [0.4, 0.5) is 11.4 Å². The van der Waals surface area contributed by atoms with Crippen LogP contribution >= 0.6 is 28.1 Å². The van der Waals surface area contributed by atoms with E-state index >= 15 is 0 Å². The van der Waals surface area contributed by atoms with Crippen molar-refractivity contribution in [1.29, 1.82) is 0 Å². The number of nitrogens with zero attached hydrogens (tertiary/aromatic N) is 1. The largest absolute Gasteiger partial charge is 0.378 e. The van der Waals surface area contributed by atoms with E-state index in [-0.39, 0.29) is 11.0 Å². The molecule has 1 aliphatic rings. The summed E-state index contributed by atoms with van der Waals surface area (Å²) in [5.74, 6) is -0.241. The van der Waals surface area contributed by atoms with Crippen LogP contribution in [0.1, 0.15) is 10.4 Å². The Kier molecular flexibility index (Phi) is 6.08. The number of ether oxygens (including phenoxy) is 1. The van der Waals surface area contributed by atoms with Crippen molar-refractivity contribution in [1.82, 2.24) is 5.32 Å². The van der Waals surface area contributed by atoms with Crippen molar-refractivity contribution in [3.63, 3.8) is 0 Å². The Morgan fingerprint density at radius 2 is 1.69 bits per heavy atom.